The van der Waals surface area contributed by atoms with Gasteiger partial charge in [0.15, 0.2) is 0 Å². The molecule has 4 rings (SSSR count). The monoisotopic (exact) mass is 441 g/mol. The maximum absolute atomic E-state index is 13.3. The number of hydrogen-bond acceptors (Lipinski definition) is 2. The van der Waals surface area contributed by atoms with E-state index in [4.69, 9.17) is 0 Å². The molecule has 1 heterocycles. The first kappa shape index (κ1) is 21.9. The Hall–Kier alpha value is -2.32. The molecule has 3 aromatic carbocycles. The van der Waals surface area contributed by atoms with Gasteiger partial charge in [0, 0.05) is 0 Å². The van der Waals surface area contributed by atoms with E-state index in [1.807, 2.05) is 0 Å². The molecular weight excluding hydrogens is 420 g/mol. The van der Waals surface area contributed by atoms with Crippen molar-refractivity contribution in [1.29, 1.82) is 0 Å². The van der Waals surface area contributed by atoms with Gasteiger partial charge in [-0.05, 0) is 95.7 Å². The fraction of sp³-hybridized carbons (Fsp3) is 0.391. The van der Waals surface area contributed by atoms with E-state index in [1.165, 1.54) is 12.1 Å². The van der Waals surface area contributed by atoms with Crippen LogP contribution in [0.3, 0.4) is 0 Å². The van der Waals surface area contributed by atoms with E-state index in [0.717, 1.165) is 50.2 Å². The summed E-state index contributed by atoms with van der Waals surface area (Å²) < 4.78 is 79.6. The average molecular weight is 441 g/mol. The number of hydrogen-bond donors (Lipinski definition) is 2. The molecule has 2 atom stereocenters. The molecule has 2 N–H and O–H groups in total. The molecule has 2 nitrogen and oxygen atoms in total. The molecule has 1 aliphatic rings. The van der Waals surface area contributed by atoms with E-state index in [2.05, 4.69) is 5.32 Å². The lowest BCUT2D eigenvalue weighted by molar-refractivity contribution is -0.138. The maximum Gasteiger partial charge on any atom is 0.416 e. The normalized spacial score (nSPS) is 19.1. The summed E-state index contributed by atoms with van der Waals surface area (Å²) in [7, 11) is 0. The third kappa shape index (κ3) is 4.50. The molecule has 0 bridgehead atoms. The molecule has 0 radical (unpaired) electrons. The molecule has 3 aromatic rings. The summed E-state index contributed by atoms with van der Waals surface area (Å²) in [6, 6.07) is 7.64. The third-order valence-corrected chi connectivity index (χ3v) is 5.95. The highest BCUT2D eigenvalue weighted by atomic mass is 19.4. The largest absolute Gasteiger partial charge is 0.416 e. The number of rotatable bonds is 3. The molecule has 0 aromatic heterocycles. The molecular formula is C23H21F6NO. The van der Waals surface area contributed by atoms with Gasteiger partial charge in [0.1, 0.15) is 0 Å². The highest BCUT2D eigenvalue weighted by molar-refractivity contribution is 6.09. The van der Waals surface area contributed by atoms with E-state index < -0.39 is 29.6 Å². The topological polar surface area (TPSA) is 32.3 Å². The van der Waals surface area contributed by atoms with Gasteiger partial charge >= 0.3 is 12.4 Å². The molecule has 1 aliphatic heterocycles. The first-order valence-corrected chi connectivity index (χ1v) is 10.1. The average Bonchev–Trinajstić information content (AvgIpc) is 2.71. The van der Waals surface area contributed by atoms with Crippen molar-refractivity contribution in [3.8, 4) is 0 Å². The van der Waals surface area contributed by atoms with Crippen LogP contribution in [-0.2, 0) is 12.4 Å². The number of aliphatic hydroxyl groups excluding tert-OH is 1. The molecule has 8 heteroatoms. The minimum absolute atomic E-state index is 0.0502. The van der Waals surface area contributed by atoms with Gasteiger partial charge in [0.05, 0.1) is 17.2 Å². The summed E-state index contributed by atoms with van der Waals surface area (Å²) in [5, 5.41) is 15.0. The number of piperidine rings is 1. The Morgan fingerprint density at radius 1 is 0.871 bits per heavy atom. The Morgan fingerprint density at radius 3 is 2.13 bits per heavy atom. The van der Waals surface area contributed by atoms with Gasteiger partial charge in [-0.3, -0.25) is 0 Å². The number of alkyl halides is 6. The van der Waals surface area contributed by atoms with Crippen LogP contribution in [0.2, 0.25) is 0 Å². The molecule has 1 fully saturated rings. The van der Waals surface area contributed by atoms with Gasteiger partial charge < -0.3 is 10.4 Å². The number of benzene rings is 3. The second-order valence-electron chi connectivity index (χ2n) is 8.12. The van der Waals surface area contributed by atoms with Crippen LogP contribution in [0.15, 0.2) is 42.5 Å². The van der Waals surface area contributed by atoms with Crippen molar-refractivity contribution in [1.82, 2.24) is 5.32 Å². The number of aliphatic hydroxyl groups is 1. The van der Waals surface area contributed by atoms with Crippen LogP contribution in [0.4, 0.5) is 26.3 Å². The first-order valence-electron chi connectivity index (χ1n) is 10.1. The smallest absolute Gasteiger partial charge is 0.388 e. The highest BCUT2D eigenvalue weighted by Crippen LogP contribution is 2.40. The second kappa shape index (κ2) is 7.98. The second-order valence-corrected chi connectivity index (χ2v) is 8.12. The molecule has 2 unspecified atom stereocenters. The van der Waals surface area contributed by atoms with Crippen LogP contribution < -0.4 is 5.32 Å². The molecule has 1 saturated heterocycles. The van der Waals surface area contributed by atoms with Crippen LogP contribution in [0.5, 0.6) is 0 Å². The van der Waals surface area contributed by atoms with Crippen molar-refractivity contribution in [3.05, 3.63) is 59.2 Å². The fourth-order valence-electron chi connectivity index (χ4n) is 4.38. The summed E-state index contributed by atoms with van der Waals surface area (Å²) in [5.74, 6) is 0.219. The van der Waals surface area contributed by atoms with Gasteiger partial charge in [0.2, 0.25) is 0 Å². The summed E-state index contributed by atoms with van der Waals surface area (Å²) in [5.41, 5.74) is -1.44. The van der Waals surface area contributed by atoms with Crippen molar-refractivity contribution in [2.24, 2.45) is 5.92 Å². The quantitative estimate of drug-likeness (QED) is 0.362. The number of nitrogens with one attached hydrogen (secondary N) is 1. The minimum Gasteiger partial charge on any atom is -0.388 e. The van der Waals surface area contributed by atoms with E-state index in [0.29, 0.717) is 22.8 Å². The van der Waals surface area contributed by atoms with Gasteiger partial charge in [-0.2, -0.15) is 26.3 Å². The molecule has 0 aliphatic carbocycles. The van der Waals surface area contributed by atoms with E-state index >= 15 is 0 Å². The van der Waals surface area contributed by atoms with Crippen LogP contribution in [0.1, 0.15) is 42.1 Å². The molecule has 0 spiro atoms. The summed E-state index contributed by atoms with van der Waals surface area (Å²) in [4.78, 5) is 0. The first-order chi connectivity index (χ1) is 14.5. The Kier molecular flexibility index (Phi) is 5.64. The van der Waals surface area contributed by atoms with Crippen molar-refractivity contribution < 1.29 is 31.4 Å². The lowest BCUT2D eigenvalue weighted by atomic mass is 9.87. The summed E-state index contributed by atoms with van der Waals surface area (Å²) in [6.45, 7) is 1.66. The number of halogens is 6. The van der Waals surface area contributed by atoms with Crippen molar-refractivity contribution in [2.45, 2.75) is 37.7 Å². The van der Waals surface area contributed by atoms with Gasteiger partial charge in [0.25, 0.3) is 0 Å². The van der Waals surface area contributed by atoms with E-state index in [9.17, 15) is 31.4 Å². The van der Waals surface area contributed by atoms with Crippen LogP contribution >= 0.6 is 0 Å². The van der Waals surface area contributed by atoms with E-state index in [1.54, 1.807) is 6.07 Å². The van der Waals surface area contributed by atoms with Crippen molar-refractivity contribution in [2.75, 3.05) is 13.1 Å². The van der Waals surface area contributed by atoms with Gasteiger partial charge in [-0.15, -0.1) is 0 Å². The zero-order valence-electron chi connectivity index (χ0n) is 16.4. The third-order valence-electron chi connectivity index (χ3n) is 5.95. The van der Waals surface area contributed by atoms with Gasteiger partial charge in [-0.1, -0.05) is 12.1 Å². The Balaban J connectivity index is 1.89. The van der Waals surface area contributed by atoms with Crippen LogP contribution in [0.25, 0.3) is 21.5 Å². The molecule has 0 saturated carbocycles. The Morgan fingerprint density at radius 2 is 1.52 bits per heavy atom. The fourth-order valence-corrected chi connectivity index (χ4v) is 4.38. The zero-order chi connectivity index (χ0) is 22.4. The summed E-state index contributed by atoms with van der Waals surface area (Å²) in [6.07, 6.45) is -7.85. The molecule has 166 valence electrons. The summed E-state index contributed by atoms with van der Waals surface area (Å²) >= 11 is 0. The lowest BCUT2D eigenvalue weighted by Crippen LogP contribution is -2.30. The van der Waals surface area contributed by atoms with Crippen molar-refractivity contribution >= 4 is 21.5 Å². The standard InChI is InChI=1S/C23H21F6NO/c24-22(25,26)15-4-3-14-9-20(21(31)8-13-2-1-7-30-12-13)17-6-5-16(23(27,28)29)11-19(17)18(14)10-15/h3-6,9-11,13,21,30-31H,1-2,7-8,12H2. The zero-order valence-corrected chi connectivity index (χ0v) is 16.4. The predicted molar refractivity (Wildman–Crippen MR) is 107 cm³/mol. The molecule has 31 heavy (non-hydrogen) atoms. The lowest BCUT2D eigenvalue weighted by Gasteiger charge is -2.26. The number of fused-ring (bicyclic) bond motifs is 3. The van der Waals surface area contributed by atoms with Crippen molar-refractivity contribution in [3.63, 3.8) is 0 Å². The Bertz CT molecular complexity index is 1100. The SMILES string of the molecule is OC(CC1CCCNC1)c1cc2ccc(C(F)(F)F)cc2c2cc(C(F)(F)F)ccc12. The Labute approximate surface area is 174 Å². The highest BCUT2D eigenvalue weighted by Gasteiger charge is 2.33. The maximum atomic E-state index is 13.3. The predicted octanol–water partition coefficient (Wildman–Crippen LogP) is 6.45. The minimum atomic E-state index is -4.63. The van der Waals surface area contributed by atoms with Crippen LogP contribution in [0, 0.1) is 5.92 Å². The molecule has 0 amide bonds. The van der Waals surface area contributed by atoms with Crippen LogP contribution in [-0.4, -0.2) is 18.2 Å². The van der Waals surface area contributed by atoms with Gasteiger partial charge in [-0.25, -0.2) is 0 Å². The van der Waals surface area contributed by atoms with E-state index in [-0.39, 0.29) is 16.7 Å².